The minimum Gasteiger partial charge on any atom is -0.324 e. The average molecular weight is 325 g/mol. The van der Waals surface area contributed by atoms with Crippen molar-refractivity contribution < 1.29 is 4.79 Å². The molecule has 4 heteroatoms. The first-order valence-corrected chi connectivity index (χ1v) is 7.71. The number of amides is 2. The molecule has 1 saturated heterocycles. The summed E-state index contributed by atoms with van der Waals surface area (Å²) in [7, 11) is 0. The highest BCUT2D eigenvalue weighted by Crippen LogP contribution is 2.25. The number of carbonyl (C=O) groups excluding carboxylic acids is 1. The van der Waals surface area contributed by atoms with E-state index in [1.165, 1.54) is 12.0 Å². The Morgan fingerprint density at radius 3 is 3.00 bits per heavy atom. The quantitative estimate of drug-likeness (QED) is 0.858. The second-order valence-electron chi connectivity index (χ2n) is 5.28. The highest BCUT2D eigenvalue weighted by atomic mass is 79.9. The van der Waals surface area contributed by atoms with Crippen LogP contribution in [0.1, 0.15) is 31.7 Å². The van der Waals surface area contributed by atoms with E-state index < -0.39 is 0 Å². The van der Waals surface area contributed by atoms with E-state index in [9.17, 15) is 4.79 Å². The maximum atomic E-state index is 12.3. The summed E-state index contributed by atoms with van der Waals surface area (Å²) >= 11 is 3.49. The van der Waals surface area contributed by atoms with Gasteiger partial charge >= 0.3 is 6.03 Å². The van der Waals surface area contributed by atoms with Crippen molar-refractivity contribution in [2.75, 3.05) is 18.4 Å². The van der Waals surface area contributed by atoms with Crippen molar-refractivity contribution in [3.05, 3.63) is 28.2 Å². The monoisotopic (exact) mass is 324 g/mol. The first kappa shape index (κ1) is 14.4. The van der Waals surface area contributed by atoms with E-state index in [0.717, 1.165) is 36.1 Å². The number of hydrogen-bond donors (Lipinski definition) is 1. The molecule has 3 nitrogen and oxygen atoms in total. The lowest BCUT2D eigenvalue weighted by Gasteiger charge is -2.32. The van der Waals surface area contributed by atoms with Crippen molar-refractivity contribution in [2.45, 2.75) is 33.1 Å². The number of urea groups is 1. The molecule has 1 heterocycles. The number of halogens is 1. The van der Waals surface area contributed by atoms with Gasteiger partial charge in [0.15, 0.2) is 0 Å². The van der Waals surface area contributed by atoms with Crippen LogP contribution in [0.15, 0.2) is 22.7 Å². The van der Waals surface area contributed by atoms with E-state index in [2.05, 4.69) is 28.2 Å². The van der Waals surface area contributed by atoms with E-state index in [0.29, 0.717) is 5.92 Å². The fourth-order valence-corrected chi connectivity index (χ4v) is 3.09. The molecule has 0 aliphatic carbocycles. The molecule has 0 aromatic heterocycles. The fraction of sp³-hybridized carbons (Fsp3) is 0.533. The van der Waals surface area contributed by atoms with Gasteiger partial charge in [-0.1, -0.05) is 19.4 Å². The number of nitrogens with zero attached hydrogens (tertiary/aromatic N) is 1. The first-order valence-electron chi connectivity index (χ1n) is 6.92. The zero-order valence-corrected chi connectivity index (χ0v) is 13.2. The van der Waals surface area contributed by atoms with Gasteiger partial charge < -0.3 is 10.2 Å². The Bertz CT molecular complexity index is 461. The van der Waals surface area contributed by atoms with Gasteiger partial charge in [0.25, 0.3) is 0 Å². The van der Waals surface area contributed by atoms with Crippen LogP contribution in [0.2, 0.25) is 0 Å². The predicted molar refractivity (Wildman–Crippen MR) is 82.5 cm³/mol. The molecule has 2 amide bonds. The van der Waals surface area contributed by atoms with Gasteiger partial charge in [0, 0.05) is 17.6 Å². The number of carbonyl (C=O) groups is 1. The Morgan fingerprint density at radius 1 is 1.53 bits per heavy atom. The Kier molecular flexibility index (Phi) is 4.86. The average Bonchev–Trinajstić information content (AvgIpc) is 2.42. The normalized spacial score (nSPS) is 19.3. The lowest BCUT2D eigenvalue weighted by Crippen LogP contribution is -2.42. The molecule has 0 radical (unpaired) electrons. The summed E-state index contributed by atoms with van der Waals surface area (Å²) < 4.78 is 0.935. The molecule has 0 bridgehead atoms. The van der Waals surface area contributed by atoms with E-state index in [1.807, 2.05) is 30.0 Å². The van der Waals surface area contributed by atoms with Gasteiger partial charge in [-0.05, 0) is 59.3 Å². The molecular weight excluding hydrogens is 304 g/mol. The van der Waals surface area contributed by atoms with Crippen LogP contribution in [0.5, 0.6) is 0 Å². The van der Waals surface area contributed by atoms with Crippen LogP contribution in [-0.4, -0.2) is 24.0 Å². The van der Waals surface area contributed by atoms with Gasteiger partial charge in [-0.2, -0.15) is 0 Å². The molecule has 1 atom stereocenters. The Labute approximate surface area is 123 Å². The van der Waals surface area contributed by atoms with Gasteiger partial charge in [-0.25, -0.2) is 4.79 Å². The number of rotatable bonds is 2. The molecule has 104 valence electrons. The summed E-state index contributed by atoms with van der Waals surface area (Å²) in [6.07, 6.45) is 3.51. The van der Waals surface area contributed by atoms with Crippen LogP contribution < -0.4 is 5.32 Å². The zero-order valence-electron chi connectivity index (χ0n) is 11.6. The van der Waals surface area contributed by atoms with E-state index in [4.69, 9.17) is 0 Å². The molecule has 1 N–H and O–H groups in total. The number of benzene rings is 1. The van der Waals surface area contributed by atoms with Crippen molar-refractivity contribution in [1.29, 1.82) is 0 Å². The van der Waals surface area contributed by atoms with Crippen LogP contribution in [0.25, 0.3) is 0 Å². The van der Waals surface area contributed by atoms with Crippen LogP contribution in [0.4, 0.5) is 10.5 Å². The molecule has 1 unspecified atom stereocenters. The van der Waals surface area contributed by atoms with Gasteiger partial charge in [-0.3, -0.25) is 0 Å². The third kappa shape index (κ3) is 3.72. The lowest BCUT2D eigenvalue weighted by atomic mass is 9.96. The topological polar surface area (TPSA) is 32.3 Å². The van der Waals surface area contributed by atoms with Crippen LogP contribution in [-0.2, 0) is 0 Å². The maximum absolute atomic E-state index is 12.3. The molecule has 0 saturated carbocycles. The smallest absolute Gasteiger partial charge is 0.321 e. The summed E-state index contributed by atoms with van der Waals surface area (Å²) in [5.74, 6) is 0.654. The van der Waals surface area contributed by atoms with Gasteiger partial charge in [0.2, 0.25) is 0 Å². The minimum atomic E-state index is 0.0164. The van der Waals surface area contributed by atoms with Gasteiger partial charge in [-0.15, -0.1) is 0 Å². The molecule has 2 rings (SSSR count). The largest absolute Gasteiger partial charge is 0.324 e. The SMILES string of the molecule is CCC1CCCN(C(=O)Nc2ccc(C)cc2Br)C1. The van der Waals surface area contributed by atoms with E-state index in [1.54, 1.807) is 0 Å². The number of nitrogens with one attached hydrogen (secondary N) is 1. The van der Waals surface area contributed by atoms with Crippen molar-refractivity contribution in [1.82, 2.24) is 4.90 Å². The maximum Gasteiger partial charge on any atom is 0.321 e. The summed E-state index contributed by atoms with van der Waals surface area (Å²) in [5, 5.41) is 2.99. The molecule has 1 aliphatic heterocycles. The Balaban J connectivity index is 2.00. The molecular formula is C15H21BrN2O. The van der Waals surface area contributed by atoms with Crippen molar-refractivity contribution in [3.8, 4) is 0 Å². The van der Waals surface area contributed by atoms with Crippen LogP contribution in [0, 0.1) is 12.8 Å². The lowest BCUT2D eigenvalue weighted by molar-refractivity contribution is 0.176. The second kappa shape index (κ2) is 6.42. The Morgan fingerprint density at radius 2 is 2.32 bits per heavy atom. The first-order chi connectivity index (χ1) is 9.10. The standard InChI is InChI=1S/C15H21BrN2O/c1-3-12-5-4-8-18(10-12)15(19)17-14-7-6-11(2)9-13(14)16/h6-7,9,12H,3-5,8,10H2,1-2H3,(H,17,19). The molecule has 1 fully saturated rings. The molecule has 1 aliphatic rings. The van der Waals surface area contributed by atoms with Crippen molar-refractivity contribution >= 4 is 27.6 Å². The number of aryl methyl sites for hydroxylation is 1. The number of likely N-dealkylation sites (tertiary alicyclic amines) is 1. The zero-order chi connectivity index (χ0) is 13.8. The third-order valence-corrected chi connectivity index (χ3v) is 4.41. The predicted octanol–water partition coefficient (Wildman–Crippen LogP) is 4.41. The minimum absolute atomic E-state index is 0.0164. The molecule has 1 aromatic carbocycles. The summed E-state index contributed by atoms with van der Waals surface area (Å²) in [6.45, 7) is 5.98. The van der Waals surface area contributed by atoms with E-state index >= 15 is 0 Å². The number of piperidine rings is 1. The molecule has 0 spiro atoms. The number of hydrogen-bond acceptors (Lipinski definition) is 1. The summed E-state index contributed by atoms with van der Waals surface area (Å²) in [4.78, 5) is 14.2. The van der Waals surface area contributed by atoms with E-state index in [-0.39, 0.29) is 6.03 Å². The Hall–Kier alpha value is -1.03. The summed E-state index contributed by atoms with van der Waals surface area (Å²) in [6, 6.07) is 5.98. The van der Waals surface area contributed by atoms with Gasteiger partial charge in [0.05, 0.1) is 5.69 Å². The highest BCUT2D eigenvalue weighted by Gasteiger charge is 2.22. The van der Waals surface area contributed by atoms with Crippen molar-refractivity contribution in [2.24, 2.45) is 5.92 Å². The van der Waals surface area contributed by atoms with Crippen molar-refractivity contribution in [3.63, 3.8) is 0 Å². The van der Waals surface area contributed by atoms with Crippen LogP contribution >= 0.6 is 15.9 Å². The highest BCUT2D eigenvalue weighted by molar-refractivity contribution is 9.10. The number of anilines is 1. The van der Waals surface area contributed by atoms with Gasteiger partial charge in [0.1, 0.15) is 0 Å². The third-order valence-electron chi connectivity index (χ3n) is 3.75. The molecule has 19 heavy (non-hydrogen) atoms. The fourth-order valence-electron chi connectivity index (χ4n) is 2.50. The molecule has 1 aromatic rings. The second-order valence-corrected chi connectivity index (χ2v) is 6.13. The van der Waals surface area contributed by atoms with Crippen LogP contribution in [0.3, 0.4) is 0 Å². The summed E-state index contributed by atoms with van der Waals surface area (Å²) in [5.41, 5.74) is 2.02.